The minimum Gasteiger partial charge on any atom is -0.394 e. The first-order valence-electron chi connectivity index (χ1n) is 4.83. The molecular weight excluding hydrogens is 168 g/mol. The summed E-state index contributed by atoms with van der Waals surface area (Å²) in [6.07, 6.45) is 1.92. The van der Waals surface area contributed by atoms with E-state index in [2.05, 4.69) is 5.32 Å². The van der Waals surface area contributed by atoms with Crippen LogP contribution < -0.4 is 5.32 Å². The lowest BCUT2D eigenvalue weighted by molar-refractivity contribution is 0.155. The Morgan fingerprint density at radius 2 is 2.38 bits per heavy atom. The molecule has 1 heterocycles. The lowest BCUT2D eigenvalue weighted by Gasteiger charge is -2.24. The fourth-order valence-electron chi connectivity index (χ4n) is 1.62. The number of carbonyl (C=O) groups excluding carboxylic acids is 1. The van der Waals surface area contributed by atoms with Crippen molar-refractivity contribution in [2.45, 2.75) is 38.8 Å². The minimum absolute atomic E-state index is 0.0266. The van der Waals surface area contributed by atoms with Gasteiger partial charge in [0.1, 0.15) is 0 Å². The molecule has 0 spiro atoms. The number of aliphatic hydroxyl groups excluding tert-OH is 1. The van der Waals surface area contributed by atoms with Crippen LogP contribution in [-0.4, -0.2) is 41.3 Å². The predicted molar refractivity (Wildman–Crippen MR) is 50.5 cm³/mol. The van der Waals surface area contributed by atoms with Gasteiger partial charge in [0.2, 0.25) is 0 Å². The van der Waals surface area contributed by atoms with Gasteiger partial charge in [-0.15, -0.1) is 0 Å². The van der Waals surface area contributed by atoms with Crippen LogP contribution in [0.15, 0.2) is 0 Å². The van der Waals surface area contributed by atoms with Gasteiger partial charge in [0.05, 0.1) is 12.6 Å². The van der Waals surface area contributed by atoms with E-state index in [1.807, 2.05) is 13.8 Å². The van der Waals surface area contributed by atoms with Crippen molar-refractivity contribution in [3.8, 4) is 0 Å². The molecule has 1 fully saturated rings. The number of urea groups is 1. The maximum Gasteiger partial charge on any atom is 0.317 e. The second-order valence-electron chi connectivity index (χ2n) is 3.78. The van der Waals surface area contributed by atoms with Crippen molar-refractivity contribution in [3.63, 3.8) is 0 Å². The first-order chi connectivity index (χ1) is 6.15. The standard InChI is InChI=1S/C9H18N2O2/c1-7(2)10-9(13)11-5-3-4-8(11)6-12/h7-8,12H,3-6H2,1-2H3,(H,10,13). The molecule has 1 aliphatic heterocycles. The van der Waals surface area contributed by atoms with E-state index >= 15 is 0 Å². The molecule has 1 saturated heterocycles. The van der Waals surface area contributed by atoms with Gasteiger partial charge in [-0.3, -0.25) is 0 Å². The molecule has 13 heavy (non-hydrogen) atoms. The van der Waals surface area contributed by atoms with Crippen LogP contribution in [0.25, 0.3) is 0 Å². The van der Waals surface area contributed by atoms with Crippen molar-refractivity contribution in [1.29, 1.82) is 0 Å². The third kappa shape index (κ3) is 2.59. The highest BCUT2D eigenvalue weighted by atomic mass is 16.3. The average Bonchev–Trinajstić information content (AvgIpc) is 2.49. The molecule has 4 heteroatoms. The fraction of sp³-hybridized carbons (Fsp3) is 0.889. The van der Waals surface area contributed by atoms with Gasteiger partial charge in [0.25, 0.3) is 0 Å². The molecule has 0 aromatic carbocycles. The highest BCUT2D eigenvalue weighted by molar-refractivity contribution is 5.75. The van der Waals surface area contributed by atoms with Crippen LogP contribution in [0.1, 0.15) is 26.7 Å². The van der Waals surface area contributed by atoms with Gasteiger partial charge in [-0.2, -0.15) is 0 Å². The molecule has 76 valence electrons. The number of rotatable bonds is 2. The van der Waals surface area contributed by atoms with Crippen LogP contribution in [-0.2, 0) is 0 Å². The molecule has 4 nitrogen and oxygen atoms in total. The lowest BCUT2D eigenvalue weighted by Crippen LogP contribution is -2.46. The summed E-state index contributed by atoms with van der Waals surface area (Å²) in [6.45, 7) is 4.71. The van der Waals surface area contributed by atoms with E-state index in [-0.39, 0.29) is 24.7 Å². The second kappa shape index (κ2) is 4.46. The van der Waals surface area contributed by atoms with Crippen LogP contribution in [0.2, 0.25) is 0 Å². The largest absolute Gasteiger partial charge is 0.394 e. The number of hydrogen-bond donors (Lipinski definition) is 2. The fourth-order valence-corrected chi connectivity index (χ4v) is 1.62. The molecule has 2 N–H and O–H groups in total. The predicted octanol–water partition coefficient (Wildman–Crippen LogP) is 0.561. The Kier molecular flexibility index (Phi) is 3.54. The molecule has 0 aromatic heterocycles. The summed E-state index contributed by atoms with van der Waals surface area (Å²) in [4.78, 5) is 13.3. The van der Waals surface area contributed by atoms with Crippen molar-refractivity contribution >= 4 is 6.03 Å². The topological polar surface area (TPSA) is 52.6 Å². The summed E-state index contributed by atoms with van der Waals surface area (Å²) in [5.41, 5.74) is 0. The summed E-state index contributed by atoms with van der Waals surface area (Å²) in [6, 6.07) is 0.137. The molecule has 1 rings (SSSR count). The summed E-state index contributed by atoms with van der Waals surface area (Å²) in [7, 11) is 0. The van der Waals surface area contributed by atoms with E-state index in [1.165, 1.54) is 0 Å². The number of hydrogen-bond acceptors (Lipinski definition) is 2. The second-order valence-corrected chi connectivity index (χ2v) is 3.78. The highest BCUT2D eigenvalue weighted by Crippen LogP contribution is 2.16. The van der Waals surface area contributed by atoms with E-state index in [9.17, 15) is 4.79 Å². The number of aliphatic hydroxyl groups is 1. The number of likely N-dealkylation sites (tertiary alicyclic amines) is 1. The van der Waals surface area contributed by atoms with Crippen LogP contribution in [0.5, 0.6) is 0 Å². The zero-order chi connectivity index (χ0) is 9.84. The van der Waals surface area contributed by atoms with Gasteiger partial charge >= 0.3 is 6.03 Å². The highest BCUT2D eigenvalue weighted by Gasteiger charge is 2.27. The normalized spacial score (nSPS) is 22.5. The zero-order valence-corrected chi connectivity index (χ0v) is 8.29. The van der Waals surface area contributed by atoms with E-state index in [1.54, 1.807) is 4.90 Å². The van der Waals surface area contributed by atoms with Crippen molar-refractivity contribution in [2.75, 3.05) is 13.2 Å². The molecule has 1 aliphatic rings. The monoisotopic (exact) mass is 186 g/mol. The molecule has 0 aliphatic carbocycles. The van der Waals surface area contributed by atoms with Crippen LogP contribution in [0.4, 0.5) is 4.79 Å². The summed E-state index contributed by atoms with van der Waals surface area (Å²) >= 11 is 0. The van der Waals surface area contributed by atoms with E-state index < -0.39 is 0 Å². The summed E-state index contributed by atoms with van der Waals surface area (Å²) < 4.78 is 0. The summed E-state index contributed by atoms with van der Waals surface area (Å²) in [5, 5.41) is 11.8. The molecule has 0 radical (unpaired) electrons. The maximum absolute atomic E-state index is 11.5. The zero-order valence-electron chi connectivity index (χ0n) is 8.29. The first kappa shape index (κ1) is 10.3. The maximum atomic E-state index is 11.5. The van der Waals surface area contributed by atoms with Crippen LogP contribution in [0.3, 0.4) is 0 Å². The van der Waals surface area contributed by atoms with E-state index in [0.717, 1.165) is 19.4 Å². The van der Waals surface area contributed by atoms with Crippen molar-refractivity contribution in [1.82, 2.24) is 10.2 Å². The Balaban J connectivity index is 2.45. The Labute approximate surface area is 78.9 Å². The van der Waals surface area contributed by atoms with Crippen molar-refractivity contribution < 1.29 is 9.90 Å². The van der Waals surface area contributed by atoms with Gasteiger partial charge in [0.15, 0.2) is 0 Å². The smallest absolute Gasteiger partial charge is 0.317 e. The molecule has 0 aromatic rings. The summed E-state index contributed by atoms with van der Waals surface area (Å²) in [5.74, 6) is 0. The van der Waals surface area contributed by atoms with Crippen LogP contribution in [0, 0.1) is 0 Å². The minimum atomic E-state index is -0.0495. The van der Waals surface area contributed by atoms with Gasteiger partial charge in [-0.1, -0.05) is 0 Å². The average molecular weight is 186 g/mol. The number of nitrogens with zero attached hydrogens (tertiary/aromatic N) is 1. The van der Waals surface area contributed by atoms with Crippen molar-refractivity contribution in [3.05, 3.63) is 0 Å². The van der Waals surface area contributed by atoms with Gasteiger partial charge in [0, 0.05) is 12.6 Å². The van der Waals surface area contributed by atoms with Crippen molar-refractivity contribution in [2.24, 2.45) is 0 Å². The third-order valence-corrected chi connectivity index (χ3v) is 2.26. The van der Waals surface area contributed by atoms with E-state index in [4.69, 9.17) is 5.11 Å². The number of nitrogens with one attached hydrogen (secondary N) is 1. The number of amides is 2. The Hall–Kier alpha value is -0.770. The first-order valence-corrected chi connectivity index (χ1v) is 4.83. The Morgan fingerprint density at radius 1 is 1.69 bits per heavy atom. The molecule has 0 saturated carbocycles. The van der Waals surface area contributed by atoms with Gasteiger partial charge in [-0.05, 0) is 26.7 Å². The lowest BCUT2D eigenvalue weighted by atomic mass is 10.2. The van der Waals surface area contributed by atoms with E-state index in [0.29, 0.717) is 0 Å². The molecule has 1 atom stereocenters. The Morgan fingerprint density at radius 3 is 2.92 bits per heavy atom. The quantitative estimate of drug-likeness (QED) is 0.662. The SMILES string of the molecule is CC(C)NC(=O)N1CCCC1CO. The molecule has 1 unspecified atom stereocenters. The molecule has 2 amide bonds. The molecule has 0 bridgehead atoms. The Bertz CT molecular complexity index is 182. The number of carbonyl (C=O) groups is 1. The molecular formula is C9H18N2O2. The third-order valence-electron chi connectivity index (χ3n) is 2.26. The van der Waals surface area contributed by atoms with Gasteiger partial charge in [-0.25, -0.2) is 4.79 Å². The van der Waals surface area contributed by atoms with Crippen LogP contribution >= 0.6 is 0 Å². The van der Waals surface area contributed by atoms with Gasteiger partial charge < -0.3 is 15.3 Å².